The maximum atomic E-state index is 13.0. The number of Topliss-reactive ketones (excluding diaryl/α,β-unsaturated/α-hetero) is 1. The predicted molar refractivity (Wildman–Crippen MR) is 114 cm³/mol. The van der Waals surface area contributed by atoms with Crippen molar-refractivity contribution in [3.05, 3.63) is 103 Å². The van der Waals surface area contributed by atoms with E-state index in [2.05, 4.69) is 10.5 Å². The first-order valence-electron chi connectivity index (χ1n) is 9.25. The summed E-state index contributed by atoms with van der Waals surface area (Å²) in [5.41, 5.74) is 6.26. The van der Waals surface area contributed by atoms with Crippen LogP contribution in [0.15, 0.2) is 102 Å². The number of ketones is 1. The number of hydrogen-bond acceptors (Lipinski definition) is 5. The van der Waals surface area contributed by atoms with Crippen molar-refractivity contribution in [2.75, 3.05) is 10.4 Å². The molecule has 0 amide bonds. The van der Waals surface area contributed by atoms with Gasteiger partial charge in [-0.1, -0.05) is 78.9 Å². The van der Waals surface area contributed by atoms with Crippen molar-refractivity contribution in [2.45, 2.75) is 0 Å². The molecule has 0 bridgehead atoms. The Morgan fingerprint density at radius 3 is 2.10 bits per heavy atom. The van der Waals surface area contributed by atoms with Crippen LogP contribution >= 0.6 is 0 Å². The second-order valence-electron chi connectivity index (χ2n) is 6.57. The largest absolute Gasteiger partial charge is 0.285 e. The molecule has 0 fully saturated rings. The van der Waals surface area contributed by atoms with Crippen LogP contribution in [-0.4, -0.2) is 21.3 Å². The number of amidine groups is 1. The average molecular weight is 379 g/mol. The van der Waals surface area contributed by atoms with E-state index >= 15 is 0 Å². The number of nitrogens with zero attached hydrogens (tertiary/aromatic N) is 4. The summed E-state index contributed by atoms with van der Waals surface area (Å²) >= 11 is 0. The van der Waals surface area contributed by atoms with Crippen LogP contribution in [0.5, 0.6) is 0 Å². The van der Waals surface area contributed by atoms with Gasteiger partial charge in [0, 0.05) is 11.1 Å². The Morgan fingerprint density at radius 2 is 1.41 bits per heavy atom. The van der Waals surface area contributed by atoms with E-state index in [1.807, 2.05) is 85.1 Å². The van der Waals surface area contributed by atoms with Crippen LogP contribution in [0, 0.1) is 0 Å². The highest BCUT2D eigenvalue weighted by Gasteiger charge is 2.27. The van der Waals surface area contributed by atoms with Crippen LogP contribution in [0.3, 0.4) is 0 Å². The number of fused-ring (bicyclic) bond motifs is 1. The highest BCUT2D eigenvalue weighted by atomic mass is 16.1. The van der Waals surface area contributed by atoms with Crippen LogP contribution in [0.2, 0.25) is 0 Å². The van der Waals surface area contributed by atoms with Crippen molar-refractivity contribution in [2.24, 2.45) is 5.10 Å². The number of anilines is 2. The molecule has 3 aromatic carbocycles. The van der Waals surface area contributed by atoms with E-state index in [4.69, 9.17) is 4.98 Å². The zero-order chi connectivity index (χ0) is 19.6. The lowest BCUT2D eigenvalue weighted by Crippen LogP contribution is -2.38. The lowest BCUT2D eigenvalue weighted by molar-refractivity contribution is 0.106. The normalized spacial score (nSPS) is 12.7. The molecule has 0 radical (unpaired) electrons. The molecular formula is C23H17N5O. The topological polar surface area (TPSA) is 62.5 Å². The molecule has 1 N–H and O–H groups in total. The Kier molecular flexibility index (Phi) is 4.14. The van der Waals surface area contributed by atoms with Gasteiger partial charge in [0.2, 0.25) is 11.6 Å². The molecule has 29 heavy (non-hydrogen) atoms. The molecule has 6 nitrogen and oxygen atoms in total. The van der Waals surface area contributed by atoms with Gasteiger partial charge in [-0.25, -0.2) is 9.66 Å². The monoisotopic (exact) mass is 379 g/mol. The molecule has 0 atom stereocenters. The third-order valence-electron chi connectivity index (χ3n) is 4.62. The van der Waals surface area contributed by atoms with E-state index in [9.17, 15) is 4.79 Å². The molecule has 1 aliphatic rings. The van der Waals surface area contributed by atoms with Gasteiger partial charge in [0.25, 0.3) is 5.95 Å². The molecule has 4 aromatic rings. The lowest BCUT2D eigenvalue weighted by atomic mass is 10.1. The summed E-state index contributed by atoms with van der Waals surface area (Å²) in [5.74, 6) is 0.622. The summed E-state index contributed by atoms with van der Waals surface area (Å²) in [6.07, 6.45) is 1.87. The minimum Gasteiger partial charge on any atom is -0.285 e. The van der Waals surface area contributed by atoms with Crippen molar-refractivity contribution in [1.82, 2.24) is 9.66 Å². The number of carbonyl (C=O) groups excluding carboxylic acids is 1. The molecule has 0 spiro atoms. The number of rotatable bonds is 4. The fraction of sp³-hybridized carbons (Fsp3) is 0. The van der Waals surface area contributed by atoms with Gasteiger partial charge in [-0.05, 0) is 12.1 Å². The van der Waals surface area contributed by atoms with Crippen molar-refractivity contribution < 1.29 is 4.79 Å². The smallest absolute Gasteiger partial charge is 0.251 e. The summed E-state index contributed by atoms with van der Waals surface area (Å²) in [7, 11) is 0. The van der Waals surface area contributed by atoms with E-state index in [1.165, 1.54) is 0 Å². The molecule has 2 heterocycles. The number of aromatic nitrogens is 2. The summed E-state index contributed by atoms with van der Waals surface area (Å²) < 4.78 is 1.73. The fourth-order valence-corrected chi connectivity index (χ4v) is 3.20. The van der Waals surface area contributed by atoms with Crippen LogP contribution < -0.4 is 10.4 Å². The molecule has 0 saturated heterocycles. The highest BCUT2D eigenvalue weighted by Crippen LogP contribution is 2.30. The van der Waals surface area contributed by atoms with Crippen LogP contribution in [-0.2, 0) is 0 Å². The van der Waals surface area contributed by atoms with E-state index in [0.29, 0.717) is 11.5 Å². The zero-order valence-corrected chi connectivity index (χ0v) is 15.4. The molecule has 1 aliphatic heterocycles. The Bertz CT molecular complexity index is 1180. The summed E-state index contributed by atoms with van der Waals surface area (Å²) in [6.45, 7) is 0. The first-order valence-corrected chi connectivity index (χ1v) is 9.25. The minimum absolute atomic E-state index is 0.188. The van der Waals surface area contributed by atoms with Crippen molar-refractivity contribution in [3.8, 4) is 11.3 Å². The predicted octanol–water partition coefficient (Wildman–Crippen LogP) is 4.44. The van der Waals surface area contributed by atoms with Gasteiger partial charge in [-0.3, -0.25) is 10.2 Å². The maximum absolute atomic E-state index is 13.0. The van der Waals surface area contributed by atoms with Gasteiger partial charge in [-0.15, -0.1) is 5.10 Å². The molecule has 5 rings (SSSR count). The SMILES string of the molecule is O=C(C1=NN(c2ccccc2)c2nc(-c3ccccc3)cn2N1)c1ccccc1. The van der Waals surface area contributed by atoms with Crippen molar-refractivity contribution in [3.63, 3.8) is 0 Å². The van der Waals surface area contributed by atoms with Gasteiger partial charge in [0.15, 0.2) is 0 Å². The van der Waals surface area contributed by atoms with Crippen molar-refractivity contribution in [1.29, 1.82) is 0 Å². The van der Waals surface area contributed by atoms with Gasteiger partial charge in [0.1, 0.15) is 0 Å². The summed E-state index contributed by atoms with van der Waals surface area (Å²) in [5, 5.41) is 6.26. The standard InChI is InChI=1S/C23H17N5O/c29-21(18-12-6-2-7-13-18)22-25-27-16-20(17-10-4-1-5-11-17)24-23(27)28(26-22)19-14-8-3-9-15-19/h1-16H,(H,25,26). The first-order chi connectivity index (χ1) is 14.3. The molecule has 140 valence electrons. The molecule has 1 aromatic heterocycles. The zero-order valence-electron chi connectivity index (χ0n) is 15.4. The van der Waals surface area contributed by atoms with E-state index in [1.54, 1.807) is 21.8 Å². The van der Waals surface area contributed by atoms with Crippen LogP contribution in [0.1, 0.15) is 10.4 Å². The first kappa shape index (κ1) is 16.9. The number of hydrazone groups is 1. The number of imidazole rings is 1. The van der Waals surface area contributed by atoms with Crippen LogP contribution in [0.25, 0.3) is 11.3 Å². The summed E-state index contributed by atoms with van der Waals surface area (Å²) in [6, 6.07) is 28.7. The second-order valence-corrected chi connectivity index (χ2v) is 6.57. The minimum atomic E-state index is -0.188. The number of benzene rings is 3. The molecule has 6 heteroatoms. The Labute approximate surface area is 167 Å². The fourth-order valence-electron chi connectivity index (χ4n) is 3.20. The molecule has 0 saturated carbocycles. The van der Waals surface area contributed by atoms with E-state index in [0.717, 1.165) is 16.9 Å². The lowest BCUT2D eigenvalue weighted by Gasteiger charge is -2.26. The second kappa shape index (κ2) is 7.09. The van der Waals surface area contributed by atoms with E-state index < -0.39 is 0 Å². The summed E-state index contributed by atoms with van der Waals surface area (Å²) in [4.78, 5) is 17.8. The number of para-hydroxylation sites is 1. The Balaban J connectivity index is 1.60. The van der Waals surface area contributed by atoms with Crippen molar-refractivity contribution >= 4 is 23.3 Å². The average Bonchev–Trinajstić information content (AvgIpc) is 3.24. The van der Waals surface area contributed by atoms with Gasteiger partial charge >= 0.3 is 0 Å². The molecule has 0 unspecified atom stereocenters. The van der Waals surface area contributed by atoms with Crippen LogP contribution in [0.4, 0.5) is 11.6 Å². The molecule has 0 aliphatic carbocycles. The van der Waals surface area contributed by atoms with Gasteiger partial charge < -0.3 is 0 Å². The third-order valence-corrected chi connectivity index (χ3v) is 4.62. The third kappa shape index (κ3) is 3.17. The Morgan fingerprint density at radius 1 is 0.793 bits per heavy atom. The number of carbonyl (C=O) groups is 1. The van der Waals surface area contributed by atoms with Gasteiger partial charge in [0.05, 0.1) is 17.6 Å². The maximum Gasteiger partial charge on any atom is 0.251 e. The highest BCUT2D eigenvalue weighted by molar-refractivity contribution is 6.48. The quantitative estimate of drug-likeness (QED) is 0.533. The van der Waals surface area contributed by atoms with Gasteiger partial charge in [-0.2, -0.15) is 5.01 Å². The Hall–Kier alpha value is -4.19. The number of hydrogen-bond donors (Lipinski definition) is 1. The molecular weight excluding hydrogens is 362 g/mol. The van der Waals surface area contributed by atoms with E-state index in [-0.39, 0.29) is 11.6 Å². The number of nitrogens with one attached hydrogen (secondary N) is 1.